The number of aliphatic hydroxyl groups is 1. The Hall–Kier alpha value is -1.06. The van der Waals surface area contributed by atoms with Crippen molar-refractivity contribution in [1.29, 1.82) is 0 Å². The van der Waals surface area contributed by atoms with Gasteiger partial charge >= 0.3 is 0 Å². The first-order valence-electron chi connectivity index (χ1n) is 6.80. The summed E-state index contributed by atoms with van der Waals surface area (Å²) in [7, 11) is 0. The zero-order valence-electron chi connectivity index (χ0n) is 11.0. The van der Waals surface area contributed by atoms with Gasteiger partial charge in [0.05, 0.1) is 18.6 Å². The fourth-order valence-electron chi connectivity index (χ4n) is 2.71. The highest BCUT2D eigenvalue weighted by Crippen LogP contribution is 2.28. The predicted octanol–water partition coefficient (Wildman–Crippen LogP) is 2.69. The van der Waals surface area contributed by atoms with Crippen LogP contribution in [-0.2, 0) is 11.2 Å². The van der Waals surface area contributed by atoms with Gasteiger partial charge in [-0.2, -0.15) is 0 Å². The van der Waals surface area contributed by atoms with Crippen LogP contribution in [0.4, 0.5) is 0 Å². The summed E-state index contributed by atoms with van der Waals surface area (Å²) in [5, 5.41) is 13.2. The lowest BCUT2D eigenvalue weighted by Gasteiger charge is -2.36. The van der Waals surface area contributed by atoms with E-state index in [1.807, 2.05) is 18.2 Å². The molecule has 104 valence electrons. The SMILES string of the molecule is O=C(Cc1ccccc1Cl)NC1(CO)CCCCC1. The first-order valence-corrected chi connectivity index (χ1v) is 7.18. The lowest BCUT2D eigenvalue weighted by molar-refractivity contribution is -0.123. The van der Waals surface area contributed by atoms with E-state index >= 15 is 0 Å². The minimum Gasteiger partial charge on any atom is -0.394 e. The number of hydrogen-bond donors (Lipinski definition) is 2. The van der Waals surface area contributed by atoms with Crippen molar-refractivity contribution in [3.63, 3.8) is 0 Å². The number of rotatable bonds is 4. The molecule has 4 heteroatoms. The zero-order valence-corrected chi connectivity index (χ0v) is 11.7. The number of hydrogen-bond acceptors (Lipinski definition) is 2. The third kappa shape index (κ3) is 3.71. The smallest absolute Gasteiger partial charge is 0.224 e. The van der Waals surface area contributed by atoms with Crippen LogP contribution in [0.15, 0.2) is 24.3 Å². The van der Waals surface area contributed by atoms with Crippen LogP contribution in [0, 0.1) is 0 Å². The second-order valence-corrected chi connectivity index (χ2v) is 5.72. The molecule has 1 fully saturated rings. The van der Waals surface area contributed by atoms with Gasteiger partial charge < -0.3 is 10.4 Å². The van der Waals surface area contributed by atoms with Gasteiger partial charge in [-0.1, -0.05) is 49.1 Å². The fourth-order valence-corrected chi connectivity index (χ4v) is 2.91. The molecule has 2 N–H and O–H groups in total. The van der Waals surface area contributed by atoms with Crippen molar-refractivity contribution >= 4 is 17.5 Å². The Morgan fingerprint density at radius 1 is 1.26 bits per heavy atom. The normalized spacial score (nSPS) is 18.0. The minimum absolute atomic E-state index is 0.0151. The number of amides is 1. The van der Waals surface area contributed by atoms with Gasteiger partial charge in [0.2, 0.25) is 5.91 Å². The predicted molar refractivity (Wildman–Crippen MR) is 76.2 cm³/mol. The van der Waals surface area contributed by atoms with E-state index in [0.717, 1.165) is 31.2 Å². The average Bonchev–Trinajstić information content (AvgIpc) is 2.42. The third-order valence-electron chi connectivity index (χ3n) is 3.83. The molecule has 1 saturated carbocycles. The molecule has 1 aliphatic carbocycles. The summed E-state index contributed by atoms with van der Waals surface area (Å²) in [6.07, 6.45) is 5.29. The van der Waals surface area contributed by atoms with Crippen molar-refractivity contribution in [3.05, 3.63) is 34.9 Å². The Balaban J connectivity index is 1.98. The summed E-state index contributed by atoms with van der Waals surface area (Å²) in [5.41, 5.74) is 0.405. The summed E-state index contributed by atoms with van der Waals surface area (Å²) in [6, 6.07) is 7.36. The van der Waals surface area contributed by atoms with E-state index in [9.17, 15) is 9.90 Å². The van der Waals surface area contributed by atoms with E-state index in [1.165, 1.54) is 6.42 Å². The Labute approximate surface area is 119 Å². The molecule has 0 bridgehead atoms. The van der Waals surface area contributed by atoms with Crippen molar-refractivity contribution in [3.8, 4) is 0 Å². The van der Waals surface area contributed by atoms with Gasteiger partial charge in [-0.15, -0.1) is 0 Å². The quantitative estimate of drug-likeness (QED) is 0.891. The number of carbonyl (C=O) groups excluding carboxylic acids is 1. The van der Waals surface area contributed by atoms with Crippen LogP contribution in [0.3, 0.4) is 0 Å². The molecule has 0 heterocycles. The van der Waals surface area contributed by atoms with Crippen molar-refractivity contribution in [2.75, 3.05) is 6.61 Å². The van der Waals surface area contributed by atoms with Gasteiger partial charge in [0.1, 0.15) is 0 Å². The van der Waals surface area contributed by atoms with Crippen molar-refractivity contribution in [2.24, 2.45) is 0 Å². The summed E-state index contributed by atoms with van der Waals surface area (Å²) >= 11 is 6.05. The lowest BCUT2D eigenvalue weighted by atomic mass is 9.82. The molecule has 0 aliphatic heterocycles. The second kappa shape index (κ2) is 6.40. The summed E-state index contributed by atoms with van der Waals surface area (Å²) in [6.45, 7) is 0.0151. The van der Waals surface area contributed by atoms with E-state index in [2.05, 4.69) is 5.32 Å². The van der Waals surface area contributed by atoms with Crippen LogP contribution >= 0.6 is 11.6 Å². The van der Waals surface area contributed by atoms with Crippen molar-refractivity contribution in [1.82, 2.24) is 5.32 Å². The van der Waals surface area contributed by atoms with Crippen LogP contribution in [0.25, 0.3) is 0 Å². The second-order valence-electron chi connectivity index (χ2n) is 5.32. The van der Waals surface area contributed by atoms with Gasteiger partial charge in [0.25, 0.3) is 0 Å². The Morgan fingerprint density at radius 2 is 1.95 bits per heavy atom. The third-order valence-corrected chi connectivity index (χ3v) is 4.20. The first kappa shape index (κ1) is 14.4. The Morgan fingerprint density at radius 3 is 2.58 bits per heavy atom. The van der Waals surface area contributed by atoms with Crippen LogP contribution in [0.1, 0.15) is 37.7 Å². The molecule has 1 aliphatic rings. The molecule has 19 heavy (non-hydrogen) atoms. The molecule has 0 saturated heterocycles. The first-order chi connectivity index (χ1) is 9.15. The topological polar surface area (TPSA) is 49.3 Å². The highest BCUT2D eigenvalue weighted by Gasteiger charge is 2.32. The van der Waals surface area contributed by atoms with Gasteiger partial charge in [-0.05, 0) is 24.5 Å². The number of nitrogens with one attached hydrogen (secondary N) is 1. The maximum Gasteiger partial charge on any atom is 0.224 e. The van der Waals surface area contributed by atoms with Crippen LogP contribution in [-0.4, -0.2) is 23.2 Å². The van der Waals surface area contributed by atoms with Gasteiger partial charge in [0.15, 0.2) is 0 Å². The summed E-state index contributed by atoms with van der Waals surface area (Å²) in [4.78, 5) is 12.1. The number of halogens is 1. The van der Waals surface area contributed by atoms with Crippen LogP contribution in [0.2, 0.25) is 5.02 Å². The Bertz CT molecular complexity index is 442. The molecule has 1 aromatic rings. The number of carbonyl (C=O) groups is 1. The molecule has 0 radical (unpaired) electrons. The molecular formula is C15H20ClNO2. The molecule has 2 rings (SSSR count). The molecule has 1 amide bonds. The van der Waals surface area contributed by atoms with E-state index < -0.39 is 5.54 Å². The minimum atomic E-state index is -0.420. The summed E-state index contributed by atoms with van der Waals surface area (Å²) in [5.74, 6) is -0.0657. The Kier molecular flexibility index (Phi) is 4.83. The van der Waals surface area contributed by atoms with E-state index in [-0.39, 0.29) is 18.9 Å². The lowest BCUT2D eigenvalue weighted by Crippen LogP contribution is -2.52. The zero-order chi connectivity index (χ0) is 13.7. The highest BCUT2D eigenvalue weighted by atomic mass is 35.5. The maximum atomic E-state index is 12.1. The molecule has 0 aromatic heterocycles. The van der Waals surface area contributed by atoms with E-state index in [4.69, 9.17) is 11.6 Å². The monoisotopic (exact) mass is 281 g/mol. The number of aliphatic hydroxyl groups excluding tert-OH is 1. The van der Waals surface area contributed by atoms with E-state index in [1.54, 1.807) is 6.07 Å². The van der Waals surface area contributed by atoms with Gasteiger partial charge in [-0.25, -0.2) is 0 Å². The molecule has 1 aromatic carbocycles. The van der Waals surface area contributed by atoms with Crippen molar-refractivity contribution in [2.45, 2.75) is 44.1 Å². The molecular weight excluding hydrogens is 262 g/mol. The van der Waals surface area contributed by atoms with Gasteiger partial charge in [0, 0.05) is 5.02 Å². The van der Waals surface area contributed by atoms with Crippen molar-refractivity contribution < 1.29 is 9.90 Å². The maximum absolute atomic E-state index is 12.1. The highest BCUT2D eigenvalue weighted by molar-refractivity contribution is 6.31. The molecule has 0 atom stereocenters. The van der Waals surface area contributed by atoms with Gasteiger partial charge in [-0.3, -0.25) is 4.79 Å². The molecule has 3 nitrogen and oxygen atoms in total. The van der Waals surface area contributed by atoms with Crippen LogP contribution in [0.5, 0.6) is 0 Å². The summed E-state index contributed by atoms with van der Waals surface area (Å²) < 4.78 is 0. The average molecular weight is 282 g/mol. The van der Waals surface area contributed by atoms with Crippen LogP contribution < -0.4 is 5.32 Å². The standard InChI is InChI=1S/C15H20ClNO2/c16-13-7-3-2-6-12(13)10-14(19)17-15(11-18)8-4-1-5-9-15/h2-3,6-7,18H,1,4-5,8-11H2,(H,17,19). The molecule has 0 spiro atoms. The fraction of sp³-hybridized carbons (Fsp3) is 0.533. The number of benzene rings is 1. The largest absolute Gasteiger partial charge is 0.394 e. The molecule has 0 unspecified atom stereocenters. The van der Waals surface area contributed by atoms with E-state index in [0.29, 0.717) is 5.02 Å².